The van der Waals surface area contributed by atoms with Crippen molar-refractivity contribution in [2.24, 2.45) is 0 Å². The van der Waals surface area contributed by atoms with Gasteiger partial charge in [0.1, 0.15) is 11.1 Å². The summed E-state index contributed by atoms with van der Waals surface area (Å²) in [4.78, 5) is 11.4. The molecule has 1 aliphatic rings. The number of hydrogen-bond acceptors (Lipinski definition) is 5. The SMILES string of the molecule is Cc1c(C)n(Cc2cccnc2)c2ncn(CCCN3CCOCC3)c(=N)c12. The molecule has 4 heterocycles. The molecule has 0 radical (unpaired) electrons. The highest BCUT2D eigenvalue weighted by molar-refractivity contribution is 5.80. The van der Waals surface area contributed by atoms with Crippen LogP contribution in [0.25, 0.3) is 11.0 Å². The highest BCUT2D eigenvalue weighted by Crippen LogP contribution is 2.21. The molecule has 3 aromatic heterocycles. The van der Waals surface area contributed by atoms with E-state index in [4.69, 9.17) is 15.1 Å². The van der Waals surface area contributed by atoms with E-state index in [2.05, 4.69) is 34.4 Å². The van der Waals surface area contributed by atoms with Crippen LogP contribution in [-0.2, 0) is 17.8 Å². The van der Waals surface area contributed by atoms with Gasteiger partial charge in [-0.3, -0.25) is 15.3 Å². The average molecular weight is 380 g/mol. The Morgan fingerprint density at radius 2 is 2.00 bits per heavy atom. The van der Waals surface area contributed by atoms with E-state index in [-0.39, 0.29) is 0 Å². The molecular weight excluding hydrogens is 352 g/mol. The molecule has 28 heavy (non-hydrogen) atoms. The summed E-state index contributed by atoms with van der Waals surface area (Å²) in [6.07, 6.45) is 6.51. The zero-order valence-corrected chi connectivity index (χ0v) is 16.7. The number of fused-ring (bicyclic) bond motifs is 1. The Morgan fingerprint density at radius 3 is 2.75 bits per heavy atom. The van der Waals surface area contributed by atoms with Gasteiger partial charge in [0, 0.05) is 44.3 Å². The molecule has 148 valence electrons. The Balaban J connectivity index is 1.57. The molecule has 0 saturated carbocycles. The van der Waals surface area contributed by atoms with Crippen molar-refractivity contribution in [3.05, 3.63) is 53.2 Å². The molecular formula is C21H28N6O. The molecule has 7 nitrogen and oxygen atoms in total. The van der Waals surface area contributed by atoms with E-state index < -0.39 is 0 Å². The van der Waals surface area contributed by atoms with Crippen LogP contribution in [0.1, 0.15) is 23.2 Å². The van der Waals surface area contributed by atoms with Crippen molar-refractivity contribution in [2.75, 3.05) is 32.8 Å². The lowest BCUT2D eigenvalue weighted by molar-refractivity contribution is 0.0369. The molecule has 1 aliphatic heterocycles. The topological polar surface area (TPSA) is 72.0 Å². The van der Waals surface area contributed by atoms with E-state index in [1.165, 1.54) is 0 Å². The van der Waals surface area contributed by atoms with Crippen LogP contribution in [0.5, 0.6) is 0 Å². The minimum atomic E-state index is 0.553. The van der Waals surface area contributed by atoms with Gasteiger partial charge in [0.2, 0.25) is 0 Å². The highest BCUT2D eigenvalue weighted by atomic mass is 16.5. The predicted molar refractivity (Wildman–Crippen MR) is 108 cm³/mol. The number of rotatable bonds is 6. The van der Waals surface area contributed by atoms with Gasteiger partial charge in [0.05, 0.1) is 31.5 Å². The smallest absolute Gasteiger partial charge is 0.146 e. The standard InChI is InChI=1S/C21H28N6O/c1-16-17(2)27(14-18-5-3-6-23-13-18)21-19(16)20(22)26(15-24-21)8-4-7-25-9-11-28-12-10-25/h3,5-6,13,15,22H,4,7-12,14H2,1-2H3. The van der Waals surface area contributed by atoms with Gasteiger partial charge in [0.15, 0.2) is 0 Å². The number of aryl methyl sites for hydroxylation is 2. The van der Waals surface area contributed by atoms with Crippen molar-refractivity contribution in [3.63, 3.8) is 0 Å². The zero-order chi connectivity index (χ0) is 19.5. The average Bonchev–Trinajstić information content (AvgIpc) is 2.96. The predicted octanol–water partition coefficient (Wildman–Crippen LogP) is 2.10. The second-order valence-corrected chi connectivity index (χ2v) is 7.45. The molecule has 0 spiro atoms. The van der Waals surface area contributed by atoms with E-state index in [0.29, 0.717) is 5.49 Å². The summed E-state index contributed by atoms with van der Waals surface area (Å²) in [6, 6.07) is 4.03. The minimum Gasteiger partial charge on any atom is -0.379 e. The maximum atomic E-state index is 8.76. The van der Waals surface area contributed by atoms with Gasteiger partial charge in [0.25, 0.3) is 0 Å². The van der Waals surface area contributed by atoms with Crippen LogP contribution in [0.3, 0.4) is 0 Å². The van der Waals surface area contributed by atoms with Gasteiger partial charge in [-0.1, -0.05) is 6.07 Å². The van der Waals surface area contributed by atoms with Crippen molar-refractivity contribution >= 4 is 11.0 Å². The fourth-order valence-corrected chi connectivity index (χ4v) is 3.91. The molecule has 0 unspecified atom stereocenters. The number of ether oxygens (including phenoxy) is 1. The first-order valence-electron chi connectivity index (χ1n) is 9.93. The van der Waals surface area contributed by atoms with Crippen LogP contribution < -0.4 is 5.49 Å². The molecule has 4 rings (SSSR count). The van der Waals surface area contributed by atoms with Crippen molar-refractivity contribution < 1.29 is 4.74 Å². The number of aromatic nitrogens is 4. The fourth-order valence-electron chi connectivity index (χ4n) is 3.91. The molecule has 0 amide bonds. The molecule has 1 saturated heterocycles. The molecule has 0 aliphatic carbocycles. The van der Waals surface area contributed by atoms with Gasteiger partial charge >= 0.3 is 0 Å². The molecule has 1 N–H and O–H groups in total. The third-order valence-electron chi connectivity index (χ3n) is 5.69. The maximum Gasteiger partial charge on any atom is 0.146 e. The monoisotopic (exact) mass is 380 g/mol. The molecule has 7 heteroatoms. The van der Waals surface area contributed by atoms with E-state index in [0.717, 1.165) is 80.2 Å². The quantitative estimate of drug-likeness (QED) is 0.711. The maximum absolute atomic E-state index is 8.76. The number of pyridine rings is 1. The van der Waals surface area contributed by atoms with E-state index in [9.17, 15) is 0 Å². The first-order valence-corrected chi connectivity index (χ1v) is 9.93. The Hall–Kier alpha value is -2.51. The third-order valence-corrected chi connectivity index (χ3v) is 5.69. The Labute approximate surface area is 165 Å². The summed E-state index contributed by atoms with van der Waals surface area (Å²) in [5, 5.41) is 9.71. The van der Waals surface area contributed by atoms with Gasteiger partial charge in [-0.25, -0.2) is 4.98 Å². The molecule has 0 atom stereocenters. The van der Waals surface area contributed by atoms with Crippen LogP contribution >= 0.6 is 0 Å². The number of nitrogens with zero attached hydrogens (tertiary/aromatic N) is 5. The van der Waals surface area contributed by atoms with Crippen molar-refractivity contribution in [1.82, 2.24) is 24.0 Å². The second-order valence-electron chi connectivity index (χ2n) is 7.45. The van der Waals surface area contributed by atoms with Gasteiger partial charge in [-0.05, 0) is 37.5 Å². The van der Waals surface area contributed by atoms with Crippen LogP contribution in [0, 0.1) is 19.3 Å². The van der Waals surface area contributed by atoms with Crippen LogP contribution in [0.4, 0.5) is 0 Å². The Kier molecular flexibility index (Phi) is 5.54. The van der Waals surface area contributed by atoms with E-state index >= 15 is 0 Å². The van der Waals surface area contributed by atoms with Crippen molar-refractivity contribution in [1.29, 1.82) is 5.41 Å². The minimum absolute atomic E-state index is 0.553. The summed E-state index contributed by atoms with van der Waals surface area (Å²) in [5.74, 6) is 0. The first kappa shape index (κ1) is 18.8. The lowest BCUT2D eigenvalue weighted by Crippen LogP contribution is -2.37. The highest BCUT2D eigenvalue weighted by Gasteiger charge is 2.16. The van der Waals surface area contributed by atoms with Gasteiger partial charge in [-0.2, -0.15) is 0 Å². The van der Waals surface area contributed by atoms with Gasteiger partial charge in [-0.15, -0.1) is 0 Å². The third kappa shape index (κ3) is 3.72. The Morgan fingerprint density at radius 1 is 1.18 bits per heavy atom. The Bertz CT molecular complexity index is 1000. The normalized spacial score (nSPS) is 15.4. The lowest BCUT2D eigenvalue weighted by atomic mass is 10.2. The van der Waals surface area contributed by atoms with Crippen LogP contribution in [0.15, 0.2) is 30.9 Å². The summed E-state index contributed by atoms with van der Waals surface area (Å²) in [7, 11) is 0. The molecule has 1 fully saturated rings. The van der Waals surface area contributed by atoms with Crippen molar-refractivity contribution in [3.8, 4) is 0 Å². The largest absolute Gasteiger partial charge is 0.379 e. The van der Waals surface area contributed by atoms with Crippen LogP contribution in [0.2, 0.25) is 0 Å². The van der Waals surface area contributed by atoms with E-state index in [1.54, 1.807) is 6.20 Å². The lowest BCUT2D eigenvalue weighted by Gasteiger charge is -2.26. The molecule has 0 bridgehead atoms. The first-order chi connectivity index (χ1) is 13.6. The van der Waals surface area contributed by atoms with E-state index in [1.807, 2.05) is 23.2 Å². The number of hydrogen-bond donors (Lipinski definition) is 1. The van der Waals surface area contributed by atoms with Crippen molar-refractivity contribution in [2.45, 2.75) is 33.4 Å². The number of morpholine rings is 1. The molecule has 0 aromatic carbocycles. The van der Waals surface area contributed by atoms with Gasteiger partial charge < -0.3 is 13.9 Å². The van der Waals surface area contributed by atoms with Crippen LogP contribution in [-0.4, -0.2) is 56.9 Å². The summed E-state index contributed by atoms with van der Waals surface area (Å²) in [5.41, 5.74) is 4.87. The number of nitrogens with one attached hydrogen (secondary N) is 1. The fraction of sp³-hybridized carbons (Fsp3) is 0.476. The summed E-state index contributed by atoms with van der Waals surface area (Å²) in [6.45, 7) is 10.4. The summed E-state index contributed by atoms with van der Waals surface area (Å²) < 4.78 is 9.58. The zero-order valence-electron chi connectivity index (χ0n) is 16.7. The second kappa shape index (κ2) is 8.24. The molecule has 3 aromatic rings. The summed E-state index contributed by atoms with van der Waals surface area (Å²) >= 11 is 0.